The molecule has 88 valence electrons. The lowest BCUT2D eigenvalue weighted by molar-refractivity contribution is -0.384. The fourth-order valence-electron chi connectivity index (χ4n) is 0.920. The third-order valence-electron chi connectivity index (χ3n) is 1.73. The van der Waals surface area contributed by atoms with Crippen molar-refractivity contribution in [3.05, 3.63) is 34.4 Å². The number of nitrogens with zero attached hydrogens (tertiary/aromatic N) is 1. The Hall–Kier alpha value is -1.79. The van der Waals surface area contributed by atoms with E-state index in [0.717, 1.165) is 24.3 Å². The number of nitro benzene ring substituents is 1. The molecular weight excluding hydrogens is 227 g/mol. The molecule has 2 atom stereocenters. The molecule has 1 aromatic rings. The van der Waals surface area contributed by atoms with E-state index in [1.165, 1.54) is 0 Å². The van der Waals surface area contributed by atoms with Gasteiger partial charge in [0.15, 0.2) is 6.17 Å². The predicted molar refractivity (Wildman–Crippen MR) is 49.5 cm³/mol. The highest BCUT2D eigenvalue weighted by atomic mass is 19.2. The average Bonchev–Trinajstić information content (AvgIpc) is 2.28. The molecule has 0 aromatic heterocycles. The zero-order valence-corrected chi connectivity index (χ0v) is 7.98. The van der Waals surface area contributed by atoms with Crippen LogP contribution < -0.4 is 4.74 Å². The van der Waals surface area contributed by atoms with E-state index in [4.69, 9.17) is 0 Å². The van der Waals surface area contributed by atoms with Gasteiger partial charge in [0.2, 0.25) is 0 Å². The molecule has 0 spiro atoms. The highest BCUT2D eigenvalue weighted by molar-refractivity contribution is 5.36. The second-order valence-corrected chi connectivity index (χ2v) is 2.89. The Kier molecular flexibility index (Phi) is 4.10. The molecular formula is C9H8F3NO3. The second-order valence-electron chi connectivity index (χ2n) is 2.89. The van der Waals surface area contributed by atoms with Gasteiger partial charge < -0.3 is 4.74 Å². The summed E-state index contributed by atoms with van der Waals surface area (Å²) in [6, 6.07) is 4.36. The number of non-ortho nitro benzene ring substituents is 1. The van der Waals surface area contributed by atoms with E-state index in [2.05, 4.69) is 4.74 Å². The van der Waals surface area contributed by atoms with E-state index < -0.39 is 24.1 Å². The maximum absolute atomic E-state index is 12.8. The number of ether oxygens (including phenoxy) is 1. The van der Waals surface area contributed by atoms with Gasteiger partial charge in [-0.05, 0) is 12.1 Å². The van der Waals surface area contributed by atoms with E-state index in [0.29, 0.717) is 0 Å². The van der Waals surface area contributed by atoms with Crippen molar-refractivity contribution in [3.63, 3.8) is 0 Å². The molecule has 7 heteroatoms. The first-order valence-corrected chi connectivity index (χ1v) is 4.30. The first-order valence-electron chi connectivity index (χ1n) is 4.30. The Morgan fingerprint density at radius 3 is 2.31 bits per heavy atom. The van der Waals surface area contributed by atoms with Crippen molar-refractivity contribution in [1.82, 2.24) is 0 Å². The fourth-order valence-corrected chi connectivity index (χ4v) is 0.920. The van der Waals surface area contributed by atoms with E-state index in [9.17, 15) is 23.3 Å². The summed E-state index contributed by atoms with van der Waals surface area (Å²) in [6.07, 6.45) is -4.79. The molecule has 0 saturated carbocycles. The molecule has 0 aliphatic carbocycles. The van der Waals surface area contributed by atoms with Crippen LogP contribution in [0, 0.1) is 10.1 Å². The Balaban J connectivity index is 2.65. The molecule has 0 bridgehead atoms. The molecule has 0 heterocycles. The Morgan fingerprint density at radius 1 is 1.31 bits per heavy atom. The lowest BCUT2D eigenvalue weighted by atomic mass is 10.3. The summed E-state index contributed by atoms with van der Waals surface area (Å²) in [4.78, 5) is 9.63. The van der Waals surface area contributed by atoms with Crippen molar-refractivity contribution in [2.75, 3.05) is 6.67 Å². The van der Waals surface area contributed by atoms with E-state index in [1.54, 1.807) is 0 Å². The van der Waals surface area contributed by atoms with Crippen LogP contribution in [0.1, 0.15) is 0 Å². The highest BCUT2D eigenvalue weighted by Gasteiger charge is 2.22. The first-order chi connectivity index (χ1) is 7.54. The van der Waals surface area contributed by atoms with E-state index in [1.807, 2.05) is 0 Å². The maximum Gasteiger partial charge on any atom is 0.271 e. The summed E-state index contributed by atoms with van der Waals surface area (Å²) in [5.41, 5.74) is -0.204. The van der Waals surface area contributed by atoms with Crippen LogP contribution in [0.15, 0.2) is 24.3 Å². The Labute approximate surface area is 88.8 Å². The second kappa shape index (κ2) is 5.34. The van der Waals surface area contributed by atoms with Crippen molar-refractivity contribution in [1.29, 1.82) is 0 Å². The van der Waals surface area contributed by atoms with Gasteiger partial charge >= 0.3 is 0 Å². The lowest BCUT2D eigenvalue weighted by Crippen LogP contribution is -2.25. The third kappa shape index (κ3) is 3.11. The largest absolute Gasteiger partial charge is 0.457 e. The third-order valence-corrected chi connectivity index (χ3v) is 1.73. The molecule has 1 rings (SSSR count). The van der Waals surface area contributed by atoms with Gasteiger partial charge in [-0.3, -0.25) is 10.1 Å². The van der Waals surface area contributed by atoms with Gasteiger partial charge in [0.25, 0.3) is 12.0 Å². The average molecular weight is 235 g/mol. The van der Waals surface area contributed by atoms with Crippen LogP contribution in [0.4, 0.5) is 18.9 Å². The molecule has 0 aliphatic rings. The summed E-state index contributed by atoms with van der Waals surface area (Å²) in [6.45, 7) is -1.49. The first kappa shape index (κ1) is 12.3. The molecule has 1 aromatic carbocycles. The van der Waals surface area contributed by atoms with Crippen LogP contribution in [-0.4, -0.2) is 24.1 Å². The number of rotatable bonds is 5. The predicted octanol–water partition coefficient (Wildman–Crippen LogP) is 2.58. The Bertz CT molecular complexity index is 358. The summed E-state index contributed by atoms with van der Waals surface area (Å²) in [5.74, 6) is -0.103. The summed E-state index contributed by atoms with van der Waals surface area (Å²) < 4.78 is 41.3. The van der Waals surface area contributed by atoms with Crippen molar-refractivity contribution >= 4 is 5.69 Å². The monoisotopic (exact) mass is 235 g/mol. The van der Waals surface area contributed by atoms with Gasteiger partial charge in [0.1, 0.15) is 12.4 Å². The van der Waals surface area contributed by atoms with Gasteiger partial charge in [-0.15, -0.1) is 0 Å². The van der Waals surface area contributed by atoms with Crippen molar-refractivity contribution in [2.45, 2.75) is 12.5 Å². The fraction of sp³-hybridized carbons (Fsp3) is 0.333. The zero-order chi connectivity index (χ0) is 12.1. The molecule has 0 N–H and O–H groups in total. The topological polar surface area (TPSA) is 52.4 Å². The number of hydrogen-bond acceptors (Lipinski definition) is 3. The van der Waals surface area contributed by atoms with Crippen LogP contribution in [0.2, 0.25) is 0 Å². The van der Waals surface area contributed by atoms with Crippen LogP contribution in [0.25, 0.3) is 0 Å². The van der Waals surface area contributed by atoms with Crippen LogP contribution in [0.5, 0.6) is 5.75 Å². The number of hydrogen-bond donors (Lipinski definition) is 0. The number of alkyl halides is 3. The van der Waals surface area contributed by atoms with Crippen molar-refractivity contribution in [2.24, 2.45) is 0 Å². The molecule has 0 saturated heterocycles. The van der Waals surface area contributed by atoms with Crippen LogP contribution in [0.3, 0.4) is 0 Å². The Morgan fingerprint density at radius 2 is 1.88 bits per heavy atom. The van der Waals surface area contributed by atoms with Crippen molar-refractivity contribution in [3.8, 4) is 5.75 Å². The van der Waals surface area contributed by atoms with Crippen LogP contribution in [-0.2, 0) is 0 Å². The lowest BCUT2D eigenvalue weighted by Gasteiger charge is -2.12. The number of benzene rings is 1. The molecule has 0 radical (unpaired) electrons. The molecule has 0 amide bonds. The minimum absolute atomic E-state index is 0.103. The van der Waals surface area contributed by atoms with Crippen LogP contribution >= 0.6 is 0 Å². The van der Waals surface area contributed by atoms with Gasteiger partial charge in [0, 0.05) is 12.1 Å². The quantitative estimate of drug-likeness (QED) is 0.582. The molecule has 0 fully saturated rings. The SMILES string of the molecule is O=[N+]([O-])c1ccc(OC(F)C(F)CF)cc1. The summed E-state index contributed by atoms with van der Waals surface area (Å²) in [7, 11) is 0. The van der Waals surface area contributed by atoms with Gasteiger partial charge in [-0.2, -0.15) is 4.39 Å². The summed E-state index contributed by atoms with van der Waals surface area (Å²) >= 11 is 0. The maximum atomic E-state index is 12.8. The van der Waals surface area contributed by atoms with E-state index >= 15 is 0 Å². The van der Waals surface area contributed by atoms with Gasteiger partial charge in [-0.25, -0.2) is 8.78 Å². The highest BCUT2D eigenvalue weighted by Crippen LogP contribution is 2.20. The van der Waals surface area contributed by atoms with E-state index in [-0.39, 0.29) is 11.4 Å². The van der Waals surface area contributed by atoms with Gasteiger partial charge in [-0.1, -0.05) is 0 Å². The minimum atomic E-state index is -2.42. The zero-order valence-electron chi connectivity index (χ0n) is 7.98. The molecule has 16 heavy (non-hydrogen) atoms. The smallest absolute Gasteiger partial charge is 0.271 e. The number of nitro groups is 1. The summed E-state index contributed by atoms with van der Waals surface area (Å²) in [5, 5.41) is 10.3. The normalized spacial score (nSPS) is 14.2. The standard InChI is InChI=1S/C9H8F3NO3/c10-5-8(11)9(12)16-7-3-1-6(2-4-7)13(14)15/h1-4,8-9H,5H2. The van der Waals surface area contributed by atoms with Gasteiger partial charge in [0.05, 0.1) is 4.92 Å². The molecule has 4 nitrogen and oxygen atoms in total. The van der Waals surface area contributed by atoms with Crippen molar-refractivity contribution < 1.29 is 22.8 Å². The number of halogens is 3. The minimum Gasteiger partial charge on any atom is -0.457 e. The molecule has 2 unspecified atom stereocenters. The molecule has 0 aliphatic heterocycles.